The number of phenolic OH excluding ortho intramolecular Hbond substituents is 1. The van der Waals surface area contributed by atoms with Gasteiger partial charge in [0.15, 0.2) is 0 Å². The summed E-state index contributed by atoms with van der Waals surface area (Å²) in [5.41, 5.74) is 4.28. The summed E-state index contributed by atoms with van der Waals surface area (Å²) in [7, 11) is 2.29. The van der Waals surface area contributed by atoms with Crippen LogP contribution in [0.2, 0.25) is 0 Å². The van der Waals surface area contributed by atoms with Crippen LogP contribution in [-0.2, 0) is 6.42 Å². The Morgan fingerprint density at radius 1 is 1.22 bits per heavy atom. The summed E-state index contributed by atoms with van der Waals surface area (Å²) in [6.45, 7) is 3.16. The van der Waals surface area contributed by atoms with Crippen LogP contribution in [0.3, 0.4) is 0 Å². The second-order valence-corrected chi connectivity index (χ2v) is 8.02. The van der Waals surface area contributed by atoms with Crippen molar-refractivity contribution in [2.45, 2.75) is 57.9 Å². The Morgan fingerprint density at radius 2 is 2.04 bits per heavy atom. The van der Waals surface area contributed by atoms with Crippen LogP contribution < -0.4 is 0 Å². The fraction of sp³-hybridized carbons (Fsp3) is 0.619. The molecule has 0 amide bonds. The fourth-order valence-electron chi connectivity index (χ4n) is 5.38. The standard InChI is InChI=1S/C21H29NO/c1-15-13-16-9-12-22(2)20(18(16)14-19(15)23)21(10-6-11-21)17-7-4-3-5-8-17/h4,7,13-14,17,20,23H,3,5-6,8-12H2,1-2H3. The van der Waals surface area contributed by atoms with E-state index in [1.165, 1.54) is 49.7 Å². The third-order valence-electron chi connectivity index (χ3n) is 6.75. The number of rotatable bonds is 2. The molecule has 0 bridgehead atoms. The van der Waals surface area contributed by atoms with Gasteiger partial charge in [-0.2, -0.15) is 0 Å². The van der Waals surface area contributed by atoms with E-state index in [1.54, 1.807) is 0 Å². The summed E-state index contributed by atoms with van der Waals surface area (Å²) < 4.78 is 0. The molecule has 2 aliphatic carbocycles. The molecular formula is C21H29NO. The zero-order chi connectivity index (χ0) is 16.0. The first-order chi connectivity index (χ1) is 11.1. The number of phenols is 1. The Kier molecular flexibility index (Phi) is 3.76. The second-order valence-electron chi connectivity index (χ2n) is 8.02. The molecule has 2 heteroatoms. The number of nitrogens with zero attached hydrogens (tertiary/aromatic N) is 1. The minimum Gasteiger partial charge on any atom is -0.508 e. The highest BCUT2D eigenvalue weighted by atomic mass is 16.3. The molecule has 0 aromatic heterocycles. The molecule has 1 heterocycles. The number of fused-ring (bicyclic) bond motifs is 1. The Labute approximate surface area is 140 Å². The van der Waals surface area contributed by atoms with Crippen molar-refractivity contribution in [1.29, 1.82) is 0 Å². The molecule has 2 unspecified atom stereocenters. The van der Waals surface area contributed by atoms with Gasteiger partial charge in [-0.3, -0.25) is 4.90 Å². The smallest absolute Gasteiger partial charge is 0.118 e. The monoisotopic (exact) mass is 311 g/mol. The quantitative estimate of drug-likeness (QED) is 0.796. The maximum Gasteiger partial charge on any atom is 0.118 e. The van der Waals surface area contributed by atoms with Crippen LogP contribution in [0.5, 0.6) is 5.75 Å². The Balaban J connectivity index is 1.79. The highest BCUT2D eigenvalue weighted by molar-refractivity contribution is 5.45. The molecule has 1 saturated carbocycles. The van der Waals surface area contributed by atoms with Gasteiger partial charge in [-0.1, -0.05) is 24.6 Å². The zero-order valence-corrected chi connectivity index (χ0v) is 14.5. The lowest BCUT2D eigenvalue weighted by Crippen LogP contribution is -2.50. The summed E-state index contributed by atoms with van der Waals surface area (Å²) in [5, 5.41) is 10.3. The number of benzene rings is 1. The normalized spacial score (nSPS) is 29.8. The van der Waals surface area contributed by atoms with Crippen molar-refractivity contribution in [2.24, 2.45) is 11.3 Å². The molecule has 23 heavy (non-hydrogen) atoms. The molecule has 0 spiro atoms. The SMILES string of the molecule is Cc1cc2c(cc1O)C(C1(C3C=CCCC3)CCC1)N(C)CC2. The van der Waals surface area contributed by atoms with Crippen LogP contribution in [0.4, 0.5) is 0 Å². The van der Waals surface area contributed by atoms with Crippen LogP contribution in [0, 0.1) is 18.3 Å². The van der Waals surface area contributed by atoms with E-state index in [0.29, 0.717) is 23.1 Å². The topological polar surface area (TPSA) is 23.5 Å². The number of hydrogen-bond donors (Lipinski definition) is 1. The molecule has 0 saturated heterocycles. The molecule has 1 aliphatic heterocycles. The van der Waals surface area contributed by atoms with E-state index in [-0.39, 0.29) is 0 Å². The molecule has 2 atom stereocenters. The molecule has 3 aliphatic rings. The Hall–Kier alpha value is -1.28. The van der Waals surface area contributed by atoms with Gasteiger partial charge in [0.1, 0.15) is 5.75 Å². The van der Waals surface area contributed by atoms with Crippen LogP contribution in [-0.4, -0.2) is 23.6 Å². The van der Waals surface area contributed by atoms with Crippen molar-refractivity contribution in [3.63, 3.8) is 0 Å². The Bertz CT molecular complexity index is 629. The van der Waals surface area contributed by atoms with E-state index in [9.17, 15) is 5.11 Å². The first-order valence-electron chi connectivity index (χ1n) is 9.31. The van der Waals surface area contributed by atoms with Gasteiger partial charge >= 0.3 is 0 Å². The summed E-state index contributed by atoms with van der Waals surface area (Å²) in [6, 6.07) is 4.78. The lowest BCUT2D eigenvalue weighted by atomic mass is 9.53. The predicted molar refractivity (Wildman–Crippen MR) is 94.7 cm³/mol. The van der Waals surface area contributed by atoms with Crippen molar-refractivity contribution in [3.05, 3.63) is 41.0 Å². The van der Waals surface area contributed by atoms with Crippen molar-refractivity contribution in [1.82, 2.24) is 4.90 Å². The average Bonchev–Trinajstić information content (AvgIpc) is 2.51. The van der Waals surface area contributed by atoms with Gasteiger partial charge in [-0.25, -0.2) is 0 Å². The highest BCUT2D eigenvalue weighted by Gasteiger charge is 2.52. The maximum atomic E-state index is 10.3. The van der Waals surface area contributed by atoms with Gasteiger partial charge in [0.05, 0.1) is 0 Å². The number of aryl methyl sites for hydroxylation is 1. The summed E-state index contributed by atoms with van der Waals surface area (Å²) in [4.78, 5) is 2.57. The molecule has 1 aromatic rings. The summed E-state index contributed by atoms with van der Waals surface area (Å²) in [5.74, 6) is 1.18. The van der Waals surface area contributed by atoms with E-state index in [4.69, 9.17) is 0 Å². The lowest BCUT2D eigenvalue weighted by molar-refractivity contribution is -0.0376. The number of hydrogen-bond acceptors (Lipinski definition) is 2. The number of aromatic hydroxyl groups is 1. The summed E-state index contributed by atoms with van der Waals surface area (Å²) >= 11 is 0. The van der Waals surface area contributed by atoms with Crippen LogP contribution >= 0.6 is 0 Å². The van der Waals surface area contributed by atoms with Crippen molar-refractivity contribution in [3.8, 4) is 5.75 Å². The molecule has 4 rings (SSSR count). The minimum absolute atomic E-state index is 0.391. The predicted octanol–water partition coefficient (Wildman–Crippen LogP) is 4.76. The second kappa shape index (κ2) is 5.66. The van der Waals surface area contributed by atoms with Crippen LogP contribution in [0.15, 0.2) is 24.3 Å². The van der Waals surface area contributed by atoms with Gasteiger partial charge in [-0.05, 0) is 86.6 Å². The van der Waals surface area contributed by atoms with Crippen LogP contribution in [0.25, 0.3) is 0 Å². The molecule has 1 aromatic carbocycles. The van der Waals surface area contributed by atoms with Gasteiger partial charge in [0.25, 0.3) is 0 Å². The Morgan fingerprint density at radius 3 is 2.70 bits per heavy atom. The van der Waals surface area contributed by atoms with Gasteiger partial charge in [-0.15, -0.1) is 0 Å². The molecule has 124 valence electrons. The van der Waals surface area contributed by atoms with Crippen molar-refractivity contribution in [2.75, 3.05) is 13.6 Å². The molecule has 2 nitrogen and oxygen atoms in total. The average molecular weight is 311 g/mol. The molecule has 0 radical (unpaired) electrons. The molecular weight excluding hydrogens is 282 g/mol. The third-order valence-corrected chi connectivity index (χ3v) is 6.75. The maximum absolute atomic E-state index is 10.3. The zero-order valence-electron chi connectivity index (χ0n) is 14.5. The van der Waals surface area contributed by atoms with Crippen molar-refractivity contribution >= 4 is 0 Å². The summed E-state index contributed by atoms with van der Waals surface area (Å²) in [6.07, 6.45) is 14.0. The fourth-order valence-corrected chi connectivity index (χ4v) is 5.38. The number of likely N-dealkylation sites (N-methyl/N-ethyl adjacent to an activating group) is 1. The third kappa shape index (κ3) is 2.34. The highest BCUT2D eigenvalue weighted by Crippen LogP contribution is 2.60. The first kappa shape index (κ1) is 15.3. The van der Waals surface area contributed by atoms with Gasteiger partial charge in [0.2, 0.25) is 0 Å². The largest absolute Gasteiger partial charge is 0.508 e. The van der Waals surface area contributed by atoms with E-state index < -0.39 is 0 Å². The van der Waals surface area contributed by atoms with Gasteiger partial charge < -0.3 is 5.11 Å². The molecule has 1 fully saturated rings. The lowest BCUT2D eigenvalue weighted by Gasteiger charge is -2.57. The van der Waals surface area contributed by atoms with Gasteiger partial charge in [0, 0.05) is 12.6 Å². The van der Waals surface area contributed by atoms with E-state index in [2.05, 4.69) is 36.2 Å². The number of allylic oxidation sites excluding steroid dienone is 2. The van der Waals surface area contributed by atoms with Crippen LogP contribution in [0.1, 0.15) is 61.3 Å². The van der Waals surface area contributed by atoms with E-state index >= 15 is 0 Å². The van der Waals surface area contributed by atoms with E-state index in [1.807, 2.05) is 6.92 Å². The molecule has 1 N–H and O–H groups in total. The van der Waals surface area contributed by atoms with E-state index in [0.717, 1.165) is 18.5 Å². The first-order valence-corrected chi connectivity index (χ1v) is 9.31. The minimum atomic E-state index is 0.391. The van der Waals surface area contributed by atoms with Crippen molar-refractivity contribution < 1.29 is 5.11 Å².